The van der Waals surface area contributed by atoms with Crippen LogP contribution in [0.3, 0.4) is 0 Å². The summed E-state index contributed by atoms with van der Waals surface area (Å²) in [6, 6.07) is 5.21. The van der Waals surface area contributed by atoms with Crippen LogP contribution >= 0.6 is 15.9 Å². The molecule has 96 valence electrons. The van der Waals surface area contributed by atoms with Crippen molar-refractivity contribution in [2.75, 3.05) is 12.0 Å². The summed E-state index contributed by atoms with van der Waals surface area (Å²) in [6.07, 6.45) is 0.232. The van der Waals surface area contributed by atoms with Crippen molar-refractivity contribution >= 4 is 33.4 Å². The highest BCUT2D eigenvalue weighted by Gasteiger charge is 2.46. The highest BCUT2D eigenvalue weighted by Crippen LogP contribution is 2.39. The highest BCUT2D eigenvalue weighted by molar-refractivity contribution is 9.10. The number of hydrogen-bond acceptors (Lipinski definition) is 3. The van der Waals surface area contributed by atoms with Gasteiger partial charge in [-0.05, 0) is 28.1 Å². The molecule has 0 unspecified atom stereocenters. The van der Waals surface area contributed by atoms with Crippen molar-refractivity contribution in [3.63, 3.8) is 0 Å². The molecule has 0 N–H and O–H groups in total. The van der Waals surface area contributed by atoms with E-state index >= 15 is 0 Å². The van der Waals surface area contributed by atoms with Gasteiger partial charge in [-0.15, -0.1) is 0 Å². The lowest BCUT2D eigenvalue weighted by Gasteiger charge is -2.19. The van der Waals surface area contributed by atoms with Crippen molar-refractivity contribution in [1.82, 2.24) is 0 Å². The average molecular weight is 312 g/mol. The first kappa shape index (κ1) is 13.1. The molecule has 2 amide bonds. The molecule has 0 radical (unpaired) electrons. The van der Waals surface area contributed by atoms with Gasteiger partial charge in [0.2, 0.25) is 11.8 Å². The van der Waals surface area contributed by atoms with Crippen LogP contribution in [0.5, 0.6) is 5.75 Å². The number of carbonyl (C=O) groups excluding carboxylic acids is 2. The molecular weight excluding hydrogens is 298 g/mol. The monoisotopic (exact) mass is 311 g/mol. The van der Waals surface area contributed by atoms with E-state index in [0.29, 0.717) is 15.9 Å². The van der Waals surface area contributed by atoms with Gasteiger partial charge in [0.15, 0.2) is 0 Å². The van der Waals surface area contributed by atoms with Crippen molar-refractivity contribution in [1.29, 1.82) is 0 Å². The molecule has 1 aliphatic rings. The lowest BCUT2D eigenvalue weighted by Crippen LogP contribution is -2.33. The average Bonchev–Trinajstić information content (AvgIpc) is 2.50. The largest absolute Gasteiger partial charge is 0.497 e. The van der Waals surface area contributed by atoms with Crippen LogP contribution in [0.2, 0.25) is 0 Å². The second-order valence-electron chi connectivity index (χ2n) is 4.91. The summed E-state index contributed by atoms with van der Waals surface area (Å²) in [4.78, 5) is 25.5. The van der Waals surface area contributed by atoms with Crippen molar-refractivity contribution < 1.29 is 14.3 Å². The van der Waals surface area contributed by atoms with Crippen LogP contribution < -0.4 is 9.64 Å². The number of carbonyl (C=O) groups is 2. The molecule has 1 aromatic carbocycles. The number of benzene rings is 1. The van der Waals surface area contributed by atoms with Crippen LogP contribution in [-0.4, -0.2) is 18.9 Å². The van der Waals surface area contributed by atoms with Crippen LogP contribution in [0, 0.1) is 5.41 Å². The Morgan fingerprint density at radius 1 is 1.33 bits per heavy atom. The Hall–Kier alpha value is -1.36. The van der Waals surface area contributed by atoms with E-state index in [4.69, 9.17) is 4.74 Å². The zero-order valence-corrected chi connectivity index (χ0v) is 12.1. The second-order valence-corrected chi connectivity index (χ2v) is 5.77. The normalized spacial score (nSPS) is 18.3. The fourth-order valence-electron chi connectivity index (χ4n) is 1.98. The third-order valence-corrected chi connectivity index (χ3v) is 3.69. The van der Waals surface area contributed by atoms with Gasteiger partial charge in [-0.25, -0.2) is 4.90 Å². The second kappa shape index (κ2) is 4.39. The number of hydrogen-bond donors (Lipinski definition) is 0. The van der Waals surface area contributed by atoms with Crippen molar-refractivity contribution in [3.8, 4) is 5.75 Å². The number of anilines is 1. The number of rotatable bonds is 2. The molecule has 0 aliphatic carbocycles. The Morgan fingerprint density at radius 3 is 2.50 bits per heavy atom. The molecule has 1 aliphatic heterocycles. The van der Waals surface area contributed by atoms with Gasteiger partial charge in [-0.1, -0.05) is 13.8 Å². The lowest BCUT2D eigenvalue weighted by atomic mass is 9.92. The SMILES string of the molecule is COc1ccc(Br)c(N2C(=O)CC(C)(C)C2=O)c1. The lowest BCUT2D eigenvalue weighted by molar-refractivity contribution is -0.124. The Balaban J connectivity index is 2.49. The van der Waals surface area contributed by atoms with Gasteiger partial charge >= 0.3 is 0 Å². The van der Waals surface area contributed by atoms with Crippen molar-refractivity contribution in [2.45, 2.75) is 20.3 Å². The number of nitrogens with zero attached hydrogens (tertiary/aromatic N) is 1. The zero-order valence-electron chi connectivity index (χ0n) is 10.5. The summed E-state index contributed by atoms with van der Waals surface area (Å²) in [5, 5.41) is 0. The number of methoxy groups -OCH3 is 1. The Labute approximate surface area is 114 Å². The maximum Gasteiger partial charge on any atom is 0.239 e. The molecule has 1 aromatic rings. The minimum absolute atomic E-state index is 0.179. The summed E-state index contributed by atoms with van der Waals surface area (Å²) in [6.45, 7) is 3.56. The van der Waals surface area contributed by atoms with E-state index in [0.717, 1.165) is 0 Å². The summed E-state index contributed by atoms with van der Waals surface area (Å²) < 4.78 is 5.82. The van der Waals surface area contributed by atoms with Gasteiger partial charge < -0.3 is 4.74 Å². The molecule has 2 rings (SSSR count). The number of halogens is 1. The van der Waals surface area contributed by atoms with Crippen molar-refractivity contribution in [3.05, 3.63) is 22.7 Å². The van der Waals surface area contributed by atoms with Gasteiger partial charge in [0.1, 0.15) is 5.75 Å². The van der Waals surface area contributed by atoms with Gasteiger partial charge in [-0.2, -0.15) is 0 Å². The number of imide groups is 1. The van der Waals surface area contributed by atoms with Crippen molar-refractivity contribution in [2.24, 2.45) is 5.41 Å². The van der Waals surface area contributed by atoms with E-state index in [9.17, 15) is 9.59 Å². The summed E-state index contributed by atoms with van der Waals surface area (Å²) in [5.41, 5.74) is -0.102. The summed E-state index contributed by atoms with van der Waals surface area (Å²) >= 11 is 3.36. The molecule has 1 heterocycles. The Bertz CT molecular complexity index is 525. The van der Waals surface area contributed by atoms with Crippen LogP contribution in [0.15, 0.2) is 22.7 Å². The van der Waals surface area contributed by atoms with E-state index < -0.39 is 5.41 Å². The molecule has 1 saturated heterocycles. The van der Waals surface area contributed by atoms with E-state index in [1.807, 2.05) is 0 Å². The molecular formula is C13H14BrNO3. The van der Waals surface area contributed by atoms with Gasteiger partial charge in [0, 0.05) is 17.0 Å². The smallest absolute Gasteiger partial charge is 0.239 e. The number of ether oxygens (including phenoxy) is 1. The minimum Gasteiger partial charge on any atom is -0.497 e. The quantitative estimate of drug-likeness (QED) is 0.789. The molecule has 1 fully saturated rings. The fraction of sp³-hybridized carbons (Fsp3) is 0.385. The standard InChI is InChI=1S/C13H14BrNO3/c1-13(2)7-11(16)15(12(13)17)10-6-8(18-3)4-5-9(10)14/h4-6H,7H2,1-3H3. The predicted octanol–water partition coefficient (Wildman–Crippen LogP) is 2.75. The van der Waals surface area contributed by atoms with Crippen LogP contribution in [0.1, 0.15) is 20.3 Å². The highest BCUT2D eigenvalue weighted by atomic mass is 79.9. The van der Waals surface area contributed by atoms with E-state index in [-0.39, 0.29) is 18.2 Å². The van der Waals surface area contributed by atoms with Crippen LogP contribution in [0.25, 0.3) is 0 Å². The fourth-order valence-corrected chi connectivity index (χ4v) is 2.41. The Kier molecular flexibility index (Phi) is 3.19. The van der Waals surface area contributed by atoms with Gasteiger partial charge in [-0.3, -0.25) is 9.59 Å². The first-order chi connectivity index (χ1) is 8.36. The maximum atomic E-state index is 12.2. The molecule has 0 bridgehead atoms. The predicted molar refractivity (Wildman–Crippen MR) is 71.6 cm³/mol. The molecule has 18 heavy (non-hydrogen) atoms. The molecule has 0 spiro atoms. The molecule has 5 heteroatoms. The molecule has 0 saturated carbocycles. The first-order valence-corrected chi connectivity index (χ1v) is 6.37. The third-order valence-electron chi connectivity index (χ3n) is 3.02. The molecule has 4 nitrogen and oxygen atoms in total. The number of amides is 2. The van der Waals surface area contributed by atoms with Gasteiger partial charge in [0.25, 0.3) is 0 Å². The molecule has 0 atom stereocenters. The first-order valence-electron chi connectivity index (χ1n) is 5.58. The summed E-state index contributed by atoms with van der Waals surface area (Å²) in [7, 11) is 1.55. The van der Waals surface area contributed by atoms with Gasteiger partial charge in [0.05, 0.1) is 18.2 Å². The zero-order chi connectivity index (χ0) is 13.5. The summed E-state index contributed by atoms with van der Waals surface area (Å²) in [5.74, 6) is 0.249. The minimum atomic E-state index is -0.639. The third kappa shape index (κ3) is 2.03. The Morgan fingerprint density at radius 2 is 2.00 bits per heavy atom. The van der Waals surface area contributed by atoms with Crippen LogP contribution in [0.4, 0.5) is 5.69 Å². The van der Waals surface area contributed by atoms with E-state index in [2.05, 4.69) is 15.9 Å². The maximum absolute atomic E-state index is 12.2. The topological polar surface area (TPSA) is 46.6 Å². The van der Waals surface area contributed by atoms with E-state index in [1.54, 1.807) is 39.2 Å². The molecule has 0 aromatic heterocycles. The van der Waals surface area contributed by atoms with Crippen LogP contribution in [-0.2, 0) is 9.59 Å². The van der Waals surface area contributed by atoms with E-state index in [1.165, 1.54) is 4.90 Å².